The first-order valence-electron chi connectivity index (χ1n) is 6.05. The van der Waals surface area contributed by atoms with Gasteiger partial charge in [0.05, 0.1) is 21.3 Å². The smallest absolute Gasteiger partial charge is 0.119 e. The van der Waals surface area contributed by atoms with Crippen molar-refractivity contribution in [3.05, 3.63) is 50.1 Å². The molecule has 102 valence electrons. The number of halogens is 2. The van der Waals surface area contributed by atoms with Crippen LogP contribution in [0.25, 0.3) is 0 Å². The largest absolute Gasteiger partial charge is 0.494 e. The van der Waals surface area contributed by atoms with Gasteiger partial charge in [-0.3, -0.25) is 0 Å². The fourth-order valence-corrected chi connectivity index (χ4v) is 3.29. The van der Waals surface area contributed by atoms with Gasteiger partial charge in [0.2, 0.25) is 0 Å². The molecular formula is C14H15Cl2NOS. The number of benzene rings is 1. The van der Waals surface area contributed by atoms with E-state index in [4.69, 9.17) is 33.7 Å². The van der Waals surface area contributed by atoms with Gasteiger partial charge in [0.1, 0.15) is 5.75 Å². The second kappa shape index (κ2) is 6.62. The van der Waals surface area contributed by atoms with Crippen LogP contribution in [0, 0.1) is 0 Å². The maximum Gasteiger partial charge on any atom is 0.119 e. The molecule has 2 aromatic rings. The van der Waals surface area contributed by atoms with Gasteiger partial charge in [-0.15, -0.1) is 11.3 Å². The summed E-state index contributed by atoms with van der Waals surface area (Å²) in [6.07, 6.45) is 0.990. The van der Waals surface area contributed by atoms with Crippen LogP contribution in [0.4, 0.5) is 0 Å². The van der Waals surface area contributed by atoms with Gasteiger partial charge in [0.15, 0.2) is 0 Å². The number of nitrogens with two attached hydrogens (primary N) is 1. The van der Waals surface area contributed by atoms with Crippen molar-refractivity contribution in [1.29, 1.82) is 0 Å². The molecule has 0 bridgehead atoms. The van der Waals surface area contributed by atoms with E-state index in [1.807, 2.05) is 30.3 Å². The van der Waals surface area contributed by atoms with Gasteiger partial charge < -0.3 is 10.5 Å². The molecule has 0 aliphatic carbocycles. The lowest BCUT2D eigenvalue weighted by atomic mass is 10.0. The van der Waals surface area contributed by atoms with Crippen LogP contribution in [-0.2, 0) is 0 Å². The third-order valence-electron chi connectivity index (χ3n) is 2.73. The molecule has 0 aliphatic rings. The summed E-state index contributed by atoms with van der Waals surface area (Å²) in [6, 6.07) is 9.31. The molecular weight excluding hydrogens is 301 g/mol. The van der Waals surface area contributed by atoms with Gasteiger partial charge in [0.25, 0.3) is 0 Å². The molecule has 1 aromatic heterocycles. The second-order valence-corrected chi connectivity index (χ2v) is 6.46. The van der Waals surface area contributed by atoms with Crippen molar-refractivity contribution in [1.82, 2.24) is 0 Å². The average Bonchev–Trinajstić information content (AvgIpc) is 2.75. The highest BCUT2D eigenvalue weighted by Gasteiger charge is 2.15. The van der Waals surface area contributed by atoms with Crippen molar-refractivity contribution < 1.29 is 4.74 Å². The predicted molar refractivity (Wildman–Crippen MR) is 82.6 cm³/mol. The van der Waals surface area contributed by atoms with Gasteiger partial charge in [-0.1, -0.05) is 42.3 Å². The Morgan fingerprint density at radius 1 is 1.26 bits per heavy atom. The van der Waals surface area contributed by atoms with Gasteiger partial charge in [-0.2, -0.15) is 0 Å². The number of thiophene rings is 1. The summed E-state index contributed by atoms with van der Waals surface area (Å²) in [6.45, 7) is 2.80. The maximum absolute atomic E-state index is 6.20. The van der Waals surface area contributed by atoms with Crippen molar-refractivity contribution in [2.45, 2.75) is 19.4 Å². The zero-order valence-electron chi connectivity index (χ0n) is 10.5. The van der Waals surface area contributed by atoms with E-state index in [1.165, 1.54) is 11.3 Å². The summed E-state index contributed by atoms with van der Waals surface area (Å²) in [7, 11) is 0. The molecule has 1 atom stereocenters. The quantitative estimate of drug-likeness (QED) is 0.852. The van der Waals surface area contributed by atoms with Crippen LogP contribution < -0.4 is 10.5 Å². The Hall–Kier alpha value is -0.740. The Balaban J connectivity index is 2.15. The lowest BCUT2D eigenvalue weighted by molar-refractivity contribution is 0.317. The minimum absolute atomic E-state index is 0.267. The Morgan fingerprint density at radius 2 is 1.95 bits per heavy atom. The molecule has 19 heavy (non-hydrogen) atoms. The zero-order chi connectivity index (χ0) is 13.8. The molecule has 0 radical (unpaired) electrons. The van der Waals surface area contributed by atoms with E-state index >= 15 is 0 Å². The standard InChI is InChI=1S/C14H15Cl2NOS/c1-2-7-18-10-5-3-9(4-6-10)13(17)11-8-12(15)19-14(11)16/h3-6,8,13H,2,7,17H2,1H3. The SMILES string of the molecule is CCCOc1ccc(C(N)c2cc(Cl)sc2Cl)cc1. The van der Waals surface area contributed by atoms with Crippen molar-refractivity contribution >= 4 is 34.5 Å². The van der Waals surface area contributed by atoms with E-state index in [1.54, 1.807) is 0 Å². The minimum atomic E-state index is -0.267. The number of hydrogen-bond donors (Lipinski definition) is 1. The summed E-state index contributed by atoms with van der Waals surface area (Å²) >= 11 is 13.4. The molecule has 0 saturated carbocycles. The van der Waals surface area contributed by atoms with Crippen molar-refractivity contribution in [3.63, 3.8) is 0 Å². The summed E-state index contributed by atoms with van der Waals surface area (Å²) in [5, 5.41) is 0. The van der Waals surface area contributed by atoms with Crippen molar-refractivity contribution in [2.24, 2.45) is 5.73 Å². The highest BCUT2D eigenvalue weighted by atomic mass is 35.5. The van der Waals surface area contributed by atoms with E-state index in [9.17, 15) is 0 Å². The summed E-state index contributed by atoms with van der Waals surface area (Å²) in [5.74, 6) is 0.854. The minimum Gasteiger partial charge on any atom is -0.494 e. The van der Waals surface area contributed by atoms with Gasteiger partial charge in [-0.05, 0) is 30.2 Å². The van der Waals surface area contributed by atoms with E-state index in [0.29, 0.717) is 8.67 Å². The molecule has 2 nitrogen and oxygen atoms in total. The summed E-state index contributed by atoms with van der Waals surface area (Å²) in [5.41, 5.74) is 8.05. The Kier molecular flexibility index (Phi) is 5.11. The topological polar surface area (TPSA) is 35.2 Å². The molecule has 0 aliphatic heterocycles. The molecule has 0 fully saturated rings. The van der Waals surface area contributed by atoms with E-state index in [2.05, 4.69) is 6.92 Å². The van der Waals surface area contributed by atoms with Crippen LogP contribution in [-0.4, -0.2) is 6.61 Å². The van der Waals surface area contributed by atoms with Crippen LogP contribution in [0.2, 0.25) is 8.67 Å². The van der Waals surface area contributed by atoms with Crippen molar-refractivity contribution in [2.75, 3.05) is 6.61 Å². The normalized spacial score (nSPS) is 12.4. The molecule has 0 spiro atoms. The molecule has 5 heteroatoms. The molecule has 1 aromatic carbocycles. The average molecular weight is 316 g/mol. The Bertz CT molecular complexity index is 539. The lowest BCUT2D eigenvalue weighted by Crippen LogP contribution is -2.11. The monoisotopic (exact) mass is 315 g/mol. The lowest BCUT2D eigenvalue weighted by Gasteiger charge is -2.12. The molecule has 1 unspecified atom stereocenters. The highest BCUT2D eigenvalue weighted by molar-refractivity contribution is 7.20. The molecule has 1 heterocycles. The van der Waals surface area contributed by atoms with Gasteiger partial charge >= 0.3 is 0 Å². The van der Waals surface area contributed by atoms with Crippen LogP contribution in [0.5, 0.6) is 5.75 Å². The van der Waals surface area contributed by atoms with Crippen LogP contribution in [0.1, 0.15) is 30.5 Å². The molecule has 0 amide bonds. The number of rotatable bonds is 5. The maximum atomic E-state index is 6.20. The number of hydrogen-bond acceptors (Lipinski definition) is 3. The summed E-state index contributed by atoms with van der Waals surface area (Å²) < 4.78 is 6.83. The molecule has 2 N–H and O–H groups in total. The van der Waals surface area contributed by atoms with E-state index in [-0.39, 0.29) is 6.04 Å². The number of ether oxygens (including phenoxy) is 1. The fourth-order valence-electron chi connectivity index (χ4n) is 1.74. The van der Waals surface area contributed by atoms with Gasteiger partial charge in [0, 0.05) is 5.56 Å². The van der Waals surface area contributed by atoms with E-state index < -0.39 is 0 Å². The van der Waals surface area contributed by atoms with Crippen LogP contribution in [0.3, 0.4) is 0 Å². The Morgan fingerprint density at radius 3 is 2.47 bits per heavy atom. The Labute approximate surface area is 127 Å². The third kappa shape index (κ3) is 3.63. The highest BCUT2D eigenvalue weighted by Crippen LogP contribution is 2.36. The van der Waals surface area contributed by atoms with Crippen molar-refractivity contribution in [3.8, 4) is 5.75 Å². The van der Waals surface area contributed by atoms with Gasteiger partial charge in [-0.25, -0.2) is 0 Å². The predicted octanol–water partition coefficient (Wildman–Crippen LogP) is 4.89. The fraction of sp³-hybridized carbons (Fsp3) is 0.286. The molecule has 2 rings (SSSR count). The first-order chi connectivity index (χ1) is 9.11. The van der Waals surface area contributed by atoms with Crippen LogP contribution in [0.15, 0.2) is 30.3 Å². The van der Waals surface area contributed by atoms with E-state index in [0.717, 1.165) is 29.9 Å². The molecule has 0 saturated heterocycles. The summed E-state index contributed by atoms with van der Waals surface area (Å²) in [4.78, 5) is 0. The first-order valence-corrected chi connectivity index (χ1v) is 7.62. The second-order valence-electron chi connectivity index (χ2n) is 4.17. The third-order valence-corrected chi connectivity index (χ3v) is 4.25. The van der Waals surface area contributed by atoms with Crippen LogP contribution >= 0.6 is 34.5 Å². The first kappa shape index (κ1) is 14.7. The zero-order valence-corrected chi connectivity index (χ0v) is 12.9.